The lowest BCUT2D eigenvalue weighted by molar-refractivity contribution is -0.0269. The van der Waals surface area contributed by atoms with Gasteiger partial charge in [-0.25, -0.2) is 9.59 Å². The maximum Gasteiger partial charge on any atom is 0.410 e. The van der Waals surface area contributed by atoms with Crippen molar-refractivity contribution in [2.45, 2.75) is 58.5 Å². The summed E-state index contributed by atoms with van der Waals surface area (Å²) in [5.41, 5.74) is 1.73. The van der Waals surface area contributed by atoms with Crippen molar-refractivity contribution in [2.75, 3.05) is 20.2 Å². The van der Waals surface area contributed by atoms with E-state index in [0.717, 1.165) is 38.1 Å². The van der Waals surface area contributed by atoms with E-state index in [1.807, 2.05) is 37.8 Å². The molecule has 0 bridgehead atoms. The highest BCUT2D eigenvalue weighted by molar-refractivity contribution is 9.10. The molecular weight excluding hydrogens is 510 g/mol. The largest absolute Gasteiger partial charge is 0.465 e. The molecule has 1 saturated heterocycles. The Hall–Kier alpha value is -2.54. The lowest BCUT2D eigenvalue weighted by Gasteiger charge is -2.52. The predicted molar refractivity (Wildman–Crippen MR) is 138 cm³/mol. The Labute approximate surface area is 216 Å². The second-order valence-electron chi connectivity index (χ2n) is 10.8. The molecule has 0 atom stereocenters. The molecule has 2 fully saturated rings. The number of hydrogen-bond donors (Lipinski definition) is 0. The molecule has 2 aliphatic rings. The van der Waals surface area contributed by atoms with Crippen molar-refractivity contribution in [3.05, 3.63) is 58.1 Å². The third kappa shape index (κ3) is 6.37. The van der Waals surface area contributed by atoms with Gasteiger partial charge in [0.2, 0.25) is 0 Å². The van der Waals surface area contributed by atoms with Gasteiger partial charge in [-0.05, 0) is 116 Å². The van der Waals surface area contributed by atoms with Gasteiger partial charge >= 0.3 is 12.1 Å². The molecular formula is C28H34BrNO5. The summed E-state index contributed by atoms with van der Waals surface area (Å²) in [4.78, 5) is 25.9. The number of nitrogens with zero attached hydrogens (tertiary/aromatic N) is 1. The Morgan fingerprint density at radius 1 is 1.06 bits per heavy atom. The van der Waals surface area contributed by atoms with Gasteiger partial charge in [0.1, 0.15) is 17.1 Å². The zero-order valence-electron chi connectivity index (χ0n) is 20.9. The standard InChI is InChI=1S/C28H34BrNO5/c1-27(2,3)35-26(32)30-13-11-28(12-14-30)17-20(18-28)15-19-5-8-22(9-6-19)34-24-10-7-21(16-23(24)29)25(31)33-4/h5-10,16,20H,11-15,17-18H2,1-4H3. The van der Waals surface area contributed by atoms with Crippen molar-refractivity contribution in [2.24, 2.45) is 11.3 Å². The minimum Gasteiger partial charge on any atom is -0.465 e. The van der Waals surface area contributed by atoms with E-state index in [1.54, 1.807) is 18.2 Å². The summed E-state index contributed by atoms with van der Waals surface area (Å²) in [7, 11) is 1.36. The Morgan fingerprint density at radius 3 is 2.29 bits per heavy atom. The summed E-state index contributed by atoms with van der Waals surface area (Å²) in [6.07, 6.45) is 5.48. The van der Waals surface area contributed by atoms with Gasteiger partial charge in [0.05, 0.1) is 17.1 Å². The topological polar surface area (TPSA) is 65.1 Å². The number of benzene rings is 2. The van der Waals surface area contributed by atoms with Crippen molar-refractivity contribution in [1.29, 1.82) is 0 Å². The molecule has 1 aliphatic heterocycles. The van der Waals surface area contributed by atoms with Crippen LogP contribution in [0.4, 0.5) is 4.79 Å². The van der Waals surface area contributed by atoms with E-state index in [2.05, 4.69) is 28.1 Å². The van der Waals surface area contributed by atoms with E-state index >= 15 is 0 Å². The molecule has 35 heavy (non-hydrogen) atoms. The third-order valence-corrected chi connectivity index (χ3v) is 7.57. The molecule has 1 aliphatic carbocycles. The first-order valence-electron chi connectivity index (χ1n) is 12.2. The van der Waals surface area contributed by atoms with E-state index in [1.165, 1.54) is 25.5 Å². The van der Waals surface area contributed by atoms with Crippen LogP contribution in [-0.4, -0.2) is 42.8 Å². The van der Waals surface area contributed by atoms with E-state index < -0.39 is 5.60 Å². The number of carbonyl (C=O) groups is 2. The summed E-state index contributed by atoms with van der Waals surface area (Å²) >= 11 is 3.46. The Balaban J connectivity index is 1.24. The van der Waals surface area contributed by atoms with Crippen LogP contribution in [0.1, 0.15) is 62.4 Å². The summed E-state index contributed by atoms with van der Waals surface area (Å²) < 4.78 is 17.0. The summed E-state index contributed by atoms with van der Waals surface area (Å²) in [6, 6.07) is 13.4. The number of halogens is 1. The van der Waals surface area contributed by atoms with Crippen molar-refractivity contribution < 1.29 is 23.8 Å². The fraction of sp³-hybridized carbons (Fsp3) is 0.500. The smallest absolute Gasteiger partial charge is 0.410 e. The van der Waals surface area contributed by atoms with Gasteiger partial charge in [0.15, 0.2) is 0 Å². The summed E-state index contributed by atoms with van der Waals surface area (Å²) in [6.45, 7) is 7.32. The first kappa shape index (κ1) is 25.5. The Bertz CT molecular complexity index is 1060. The average molecular weight is 544 g/mol. The van der Waals surface area contributed by atoms with Crippen LogP contribution in [0.2, 0.25) is 0 Å². The number of methoxy groups -OCH3 is 1. The molecule has 188 valence electrons. The zero-order valence-corrected chi connectivity index (χ0v) is 22.5. The van der Waals surface area contributed by atoms with Gasteiger partial charge in [0.25, 0.3) is 0 Å². The monoisotopic (exact) mass is 543 g/mol. The van der Waals surface area contributed by atoms with Gasteiger partial charge < -0.3 is 19.1 Å². The van der Waals surface area contributed by atoms with Crippen molar-refractivity contribution in [3.8, 4) is 11.5 Å². The fourth-order valence-electron chi connectivity index (χ4n) is 5.19. The first-order chi connectivity index (χ1) is 16.6. The second-order valence-corrected chi connectivity index (χ2v) is 11.7. The van der Waals surface area contributed by atoms with Crippen LogP contribution >= 0.6 is 15.9 Å². The first-order valence-corrected chi connectivity index (χ1v) is 13.0. The maximum absolute atomic E-state index is 12.3. The van der Waals surface area contributed by atoms with Crippen LogP contribution in [0.15, 0.2) is 46.9 Å². The van der Waals surface area contributed by atoms with Crippen molar-refractivity contribution in [1.82, 2.24) is 4.90 Å². The normalized spacial score (nSPS) is 17.6. The minimum absolute atomic E-state index is 0.183. The number of piperidine rings is 1. The SMILES string of the molecule is COC(=O)c1ccc(Oc2ccc(CC3CC4(CCN(C(=O)OC(C)(C)C)CC4)C3)cc2)c(Br)c1. The van der Waals surface area contributed by atoms with Crippen LogP contribution in [0.3, 0.4) is 0 Å². The van der Waals surface area contributed by atoms with Crippen molar-refractivity contribution >= 4 is 28.0 Å². The zero-order chi connectivity index (χ0) is 25.2. The van der Waals surface area contributed by atoms with Crippen LogP contribution in [0.5, 0.6) is 11.5 Å². The molecule has 7 heteroatoms. The molecule has 1 amide bonds. The van der Waals surface area contributed by atoms with Gasteiger partial charge in [-0.15, -0.1) is 0 Å². The number of ether oxygens (including phenoxy) is 3. The molecule has 0 N–H and O–H groups in total. The van der Waals surface area contributed by atoms with Gasteiger partial charge in [-0.1, -0.05) is 12.1 Å². The molecule has 1 spiro atoms. The molecule has 6 nitrogen and oxygen atoms in total. The molecule has 1 heterocycles. The van der Waals surface area contributed by atoms with E-state index in [-0.39, 0.29) is 12.1 Å². The molecule has 1 saturated carbocycles. The van der Waals surface area contributed by atoms with Gasteiger partial charge in [-0.2, -0.15) is 0 Å². The lowest BCUT2D eigenvalue weighted by atomic mass is 9.56. The number of carbonyl (C=O) groups excluding carboxylic acids is 2. The Kier molecular flexibility index (Phi) is 7.46. The Morgan fingerprint density at radius 2 is 1.71 bits per heavy atom. The van der Waals surface area contributed by atoms with Crippen LogP contribution in [-0.2, 0) is 15.9 Å². The number of esters is 1. The molecule has 0 radical (unpaired) electrons. The fourth-order valence-corrected chi connectivity index (χ4v) is 5.65. The summed E-state index contributed by atoms with van der Waals surface area (Å²) in [5.74, 6) is 1.70. The van der Waals surface area contributed by atoms with Gasteiger partial charge in [-0.3, -0.25) is 0 Å². The van der Waals surface area contributed by atoms with E-state index in [0.29, 0.717) is 27.1 Å². The maximum atomic E-state index is 12.3. The van der Waals surface area contributed by atoms with E-state index in [9.17, 15) is 9.59 Å². The summed E-state index contributed by atoms with van der Waals surface area (Å²) in [5, 5.41) is 0. The quantitative estimate of drug-likeness (QED) is 0.380. The van der Waals surface area contributed by atoms with E-state index in [4.69, 9.17) is 14.2 Å². The predicted octanol–water partition coefficient (Wildman–Crippen LogP) is 7.00. The number of likely N-dealkylation sites (tertiary alicyclic amines) is 1. The number of amides is 1. The highest BCUT2D eigenvalue weighted by Crippen LogP contribution is 2.53. The van der Waals surface area contributed by atoms with Gasteiger partial charge in [0, 0.05) is 13.1 Å². The minimum atomic E-state index is -0.444. The number of hydrogen-bond acceptors (Lipinski definition) is 5. The molecule has 0 aromatic heterocycles. The van der Waals surface area contributed by atoms with Crippen LogP contribution in [0.25, 0.3) is 0 Å². The molecule has 2 aromatic rings. The molecule has 2 aromatic carbocycles. The van der Waals surface area contributed by atoms with Crippen LogP contribution < -0.4 is 4.74 Å². The van der Waals surface area contributed by atoms with Crippen molar-refractivity contribution in [3.63, 3.8) is 0 Å². The highest BCUT2D eigenvalue weighted by Gasteiger charge is 2.46. The lowest BCUT2D eigenvalue weighted by Crippen LogP contribution is -2.50. The van der Waals surface area contributed by atoms with Crippen LogP contribution in [0, 0.1) is 11.3 Å². The third-order valence-electron chi connectivity index (χ3n) is 6.95. The number of rotatable bonds is 5. The highest BCUT2D eigenvalue weighted by atomic mass is 79.9. The molecule has 0 unspecified atom stereocenters. The second kappa shape index (κ2) is 10.2. The average Bonchev–Trinajstić information content (AvgIpc) is 2.79. The molecule has 4 rings (SSSR count).